The molecule has 0 atom stereocenters. The first kappa shape index (κ1) is 13.4. The van der Waals surface area contributed by atoms with Gasteiger partial charge in [0.15, 0.2) is 11.5 Å². The lowest BCUT2D eigenvalue weighted by atomic mass is 10.2. The van der Waals surface area contributed by atoms with Crippen molar-refractivity contribution in [3.8, 4) is 11.5 Å². The van der Waals surface area contributed by atoms with E-state index in [1.807, 2.05) is 18.2 Å². The van der Waals surface area contributed by atoms with Crippen LogP contribution in [0.25, 0.3) is 6.08 Å². The van der Waals surface area contributed by atoms with Gasteiger partial charge < -0.3 is 19.5 Å². The summed E-state index contributed by atoms with van der Waals surface area (Å²) >= 11 is 0. The van der Waals surface area contributed by atoms with E-state index in [0.717, 1.165) is 17.7 Å². The summed E-state index contributed by atoms with van der Waals surface area (Å²) in [6.07, 6.45) is 4.05. The standard InChI is InChI=1S/C14H17NO4/c1-17-8-2-7-15-14(16)6-4-11-3-5-12-13(9-11)19-10-18-12/h3-6,9H,2,7-8,10H2,1H3,(H,15,16)/b6-4+. The number of hydrogen-bond donors (Lipinski definition) is 1. The Kier molecular flexibility index (Phi) is 4.80. The lowest BCUT2D eigenvalue weighted by Crippen LogP contribution is -2.22. The summed E-state index contributed by atoms with van der Waals surface area (Å²) in [5.74, 6) is 1.33. The van der Waals surface area contributed by atoms with Crippen LogP contribution in [0.5, 0.6) is 11.5 Å². The van der Waals surface area contributed by atoms with Crippen LogP contribution in [0.2, 0.25) is 0 Å². The van der Waals surface area contributed by atoms with Gasteiger partial charge in [0.2, 0.25) is 12.7 Å². The van der Waals surface area contributed by atoms with E-state index < -0.39 is 0 Å². The molecule has 1 aromatic carbocycles. The zero-order chi connectivity index (χ0) is 13.5. The predicted molar refractivity (Wildman–Crippen MR) is 71.1 cm³/mol. The molecule has 0 unspecified atom stereocenters. The normalized spacial score (nSPS) is 12.9. The highest BCUT2D eigenvalue weighted by molar-refractivity contribution is 5.91. The Bertz CT molecular complexity index is 471. The number of carbonyl (C=O) groups excluding carboxylic acids is 1. The number of fused-ring (bicyclic) bond motifs is 1. The zero-order valence-electron chi connectivity index (χ0n) is 10.8. The van der Waals surface area contributed by atoms with Crippen LogP contribution >= 0.6 is 0 Å². The van der Waals surface area contributed by atoms with Crippen LogP contribution in [0.3, 0.4) is 0 Å². The first-order valence-corrected chi connectivity index (χ1v) is 6.14. The third-order valence-corrected chi connectivity index (χ3v) is 2.65. The van der Waals surface area contributed by atoms with Crippen LogP contribution in [0.15, 0.2) is 24.3 Å². The number of benzene rings is 1. The van der Waals surface area contributed by atoms with E-state index in [1.54, 1.807) is 13.2 Å². The molecule has 0 fully saturated rings. The van der Waals surface area contributed by atoms with E-state index in [1.165, 1.54) is 6.08 Å². The van der Waals surface area contributed by atoms with E-state index in [-0.39, 0.29) is 12.7 Å². The second kappa shape index (κ2) is 6.80. The quantitative estimate of drug-likeness (QED) is 0.625. The average Bonchev–Trinajstić information content (AvgIpc) is 2.89. The minimum Gasteiger partial charge on any atom is -0.454 e. The van der Waals surface area contributed by atoms with E-state index >= 15 is 0 Å². The van der Waals surface area contributed by atoms with E-state index in [4.69, 9.17) is 14.2 Å². The Morgan fingerprint density at radius 1 is 1.42 bits per heavy atom. The number of amides is 1. The SMILES string of the molecule is COCCCNC(=O)/C=C/c1ccc2c(c1)OCO2. The fraction of sp³-hybridized carbons (Fsp3) is 0.357. The summed E-state index contributed by atoms with van der Waals surface area (Å²) in [5, 5.41) is 2.78. The molecule has 5 heteroatoms. The number of rotatable bonds is 6. The molecule has 0 saturated heterocycles. The van der Waals surface area contributed by atoms with Gasteiger partial charge in [-0.25, -0.2) is 0 Å². The van der Waals surface area contributed by atoms with Crippen molar-refractivity contribution in [3.63, 3.8) is 0 Å². The molecule has 0 aromatic heterocycles. The molecule has 5 nitrogen and oxygen atoms in total. The van der Waals surface area contributed by atoms with Gasteiger partial charge in [-0.15, -0.1) is 0 Å². The summed E-state index contributed by atoms with van der Waals surface area (Å²) in [6, 6.07) is 5.55. The average molecular weight is 263 g/mol. The van der Waals surface area contributed by atoms with Crippen molar-refractivity contribution in [2.24, 2.45) is 0 Å². The molecular formula is C14H17NO4. The molecule has 2 rings (SSSR count). The Labute approximate surface area is 112 Å². The molecule has 0 radical (unpaired) electrons. The highest BCUT2D eigenvalue weighted by atomic mass is 16.7. The minimum absolute atomic E-state index is 0.117. The first-order chi connectivity index (χ1) is 9.29. The van der Waals surface area contributed by atoms with Crippen molar-refractivity contribution >= 4 is 12.0 Å². The van der Waals surface area contributed by atoms with Gasteiger partial charge in [-0.1, -0.05) is 6.07 Å². The fourth-order valence-electron chi connectivity index (χ4n) is 1.68. The van der Waals surface area contributed by atoms with Gasteiger partial charge in [0.25, 0.3) is 0 Å². The minimum atomic E-state index is -0.117. The first-order valence-electron chi connectivity index (χ1n) is 6.14. The lowest BCUT2D eigenvalue weighted by Gasteiger charge is -2.01. The van der Waals surface area contributed by atoms with Crippen LogP contribution in [-0.4, -0.2) is 33.0 Å². The molecule has 0 spiro atoms. The van der Waals surface area contributed by atoms with Crippen molar-refractivity contribution in [2.75, 3.05) is 27.1 Å². The molecule has 19 heavy (non-hydrogen) atoms. The number of methoxy groups -OCH3 is 1. The van der Waals surface area contributed by atoms with Crippen molar-refractivity contribution in [1.82, 2.24) is 5.32 Å². The van der Waals surface area contributed by atoms with Crippen molar-refractivity contribution < 1.29 is 19.0 Å². The Hall–Kier alpha value is -2.01. The number of hydrogen-bond acceptors (Lipinski definition) is 4. The number of nitrogens with one attached hydrogen (secondary N) is 1. The van der Waals surface area contributed by atoms with E-state index in [0.29, 0.717) is 18.9 Å². The van der Waals surface area contributed by atoms with Crippen molar-refractivity contribution in [3.05, 3.63) is 29.8 Å². The topological polar surface area (TPSA) is 56.8 Å². The van der Waals surface area contributed by atoms with Crippen molar-refractivity contribution in [1.29, 1.82) is 0 Å². The maximum absolute atomic E-state index is 11.5. The molecule has 1 heterocycles. The summed E-state index contributed by atoms with van der Waals surface area (Å²) in [6.45, 7) is 1.51. The van der Waals surface area contributed by atoms with Gasteiger partial charge in [-0.05, 0) is 30.2 Å². The number of ether oxygens (including phenoxy) is 3. The molecule has 1 N–H and O–H groups in total. The Morgan fingerprint density at radius 3 is 3.11 bits per heavy atom. The predicted octanol–water partition coefficient (Wildman–Crippen LogP) is 1.58. The van der Waals surface area contributed by atoms with Gasteiger partial charge in [-0.2, -0.15) is 0 Å². The second-order valence-electron chi connectivity index (χ2n) is 4.08. The molecule has 0 bridgehead atoms. The van der Waals surface area contributed by atoms with Crippen LogP contribution in [0.4, 0.5) is 0 Å². The largest absolute Gasteiger partial charge is 0.454 e. The van der Waals surface area contributed by atoms with Gasteiger partial charge in [0, 0.05) is 26.3 Å². The van der Waals surface area contributed by atoms with E-state index in [9.17, 15) is 4.79 Å². The molecule has 0 saturated carbocycles. The zero-order valence-corrected chi connectivity index (χ0v) is 10.8. The van der Waals surface area contributed by atoms with Crippen LogP contribution < -0.4 is 14.8 Å². The van der Waals surface area contributed by atoms with Crippen LogP contribution in [0.1, 0.15) is 12.0 Å². The van der Waals surface area contributed by atoms with Gasteiger partial charge in [-0.3, -0.25) is 4.79 Å². The van der Waals surface area contributed by atoms with Gasteiger partial charge in [0.05, 0.1) is 0 Å². The van der Waals surface area contributed by atoms with Gasteiger partial charge >= 0.3 is 0 Å². The molecular weight excluding hydrogens is 246 g/mol. The third kappa shape index (κ3) is 3.99. The summed E-state index contributed by atoms with van der Waals surface area (Å²) < 4.78 is 15.4. The third-order valence-electron chi connectivity index (χ3n) is 2.65. The molecule has 1 amide bonds. The molecule has 0 aliphatic carbocycles. The summed E-state index contributed by atoms with van der Waals surface area (Å²) in [7, 11) is 1.64. The monoisotopic (exact) mass is 263 g/mol. The Morgan fingerprint density at radius 2 is 2.26 bits per heavy atom. The number of carbonyl (C=O) groups is 1. The van der Waals surface area contributed by atoms with Crippen LogP contribution in [-0.2, 0) is 9.53 Å². The summed E-state index contributed by atoms with van der Waals surface area (Å²) in [5.41, 5.74) is 0.899. The highest BCUT2D eigenvalue weighted by Gasteiger charge is 2.12. The molecule has 102 valence electrons. The highest BCUT2D eigenvalue weighted by Crippen LogP contribution is 2.32. The second-order valence-corrected chi connectivity index (χ2v) is 4.08. The smallest absolute Gasteiger partial charge is 0.244 e. The van der Waals surface area contributed by atoms with Crippen molar-refractivity contribution in [2.45, 2.75) is 6.42 Å². The fourth-order valence-corrected chi connectivity index (χ4v) is 1.68. The molecule has 1 aliphatic heterocycles. The lowest BCUT2D eigenvalue weighted by molar-refractivity contribution is -0.116. The maximum atomic E-state index is 11.5. The molecule has 1 aliphatic rings. The van der Waals surface area contributed by atoms with E-state index in [2.05, 4.69) is 5.32 Å². The Balaban J connectivity index is 1.83. The van der Waals surface area contributed by atoms with Gasteiger partial charge in [0.1, 0.15) is 0 Å². The van der Waals surface area contributed by atoms with Crippen LogP contribution in [0, 0.1) is 0 Å². The maximum Gasteiger partial charge on any atom is 0.244 e. The summed E-state index contributed by atoms with van der Waals surface area (Å²) in [4.78, 5) is 11.5. The molecule has 1 aromatic rings.